The van der Waals surface area contributed by atoms with Crippen LogP contribution in [0.2, 0.25) is 0 Å². The van der Waals surface area contributed by atoms with Gasteiger partial charge in [-0.15, -0.1) is 0 Å². The molecule has 1 heterocycles. The first kappa shape index (κ1) is 23.1. The van der Waals surface area contributed by atoms with Crippen LogP contribution >= 0.6 is 0 Å². The largest absolute Gasteiger partial charge is 0.457 e. The number of benzene rings is 2. The Morgan fingerprint density at radius 3 is 2.19 bits per heavy atom. The molecule has 0 aliphatic heterocycles. The molecule has 166 valence electrons. The number of carbonyl (C=O) groups excluding carboxylic acids is 1. The summed E-state index contributed by atoms with van der Waals surface area (Å²) >= 11 is 0. The number of hydrogen-bond donors (Lipinski definition) is 0. The van der Waals surface area contributed by atoms with Crippen LogP contribution in [-0.2, 0) is 10.0 Å². The van der Waals surface area contributed by atoms with Crippen LogP contribution < -0.4 is 0 Å². The molecular formula is C23H22N2O6S. The average molecular weight is 455 g/mol. The topological polar surface area (TPSA) is 111 Å². The van der Waals surface area contributed by atoms with Crippen LogP contribution in [0.3, 0.4) is 0 Å². The van der Waals surface area contributed by atoms with Crippen molar-refractivity contribution < 1.29 is 22.6 Å². The Morgan fingerprint density at radius 2 is 1.62 bits per heavy atom. The van der Waals surface area contributed by atoms with Crippen LogP contribution in [0.25, 0.3) is 17.4 Å². The van der Waals surface area contributed by atoms with E-state index >= 15 is 0 Å². The number of furan rings is 1. The predicted molar refractivity (Wildman–Crippen MR) is 121 cm³/mol. The maximum Gasteiger partial charge on any atom is 0.269 e. The van der Waals surface area contributed by atoms with E-state index < -0.39 is 14.9 Å². The summed E-state index contributed by atoms with van der Waals surface area (Å²) in [6.45, 7) is 4.28. The van der Waals surface area contributed by atoms with Gasteiger partial charge in [0.2, 0.25) is 10.0 Å². The summed E-state index contributed by atoms with van der Waals surface area (Å²) in [6.07, 6.45) is 2.85. The molecule has 0 aliphatic carbocycles. The van der Waals surface area contributed by atoms with Gasteiger partial charge in [0.1, 0.15) is 11.5 Å². The minimum atomic E-state index is -3.58. The molecule has 0 N–H and O–H groups in total. The smallest absolute Gasteiger partial charge is 0.269 e. The maximum absolute atomic E-state index is 12.5. The number of nitro benzene ring substituents is 1. The van der Waals surface area contributed by atoms with Crippen LogP contribution in [0.4, 0.5) is 5.69 Å². The minimum Gasteiger partial charge on any atom is -0.457 e. The third kappa shape index (κ3) is 5.01. The van der Waals surface area contributed by atoms with E-state index in [1.54, 1.807) is 38.1 Å². The van der Waals surface area contributed by atoms with Crippen molar-refractivity contribution in [3.63, 3.8) is 0 Å². The summed E-state index contributed by atoms with van der Waals surface area (Å²) < 4.78 is 32.1. The average Bonchev–Trinajstić information content (AvgIpc) is 3.27. The zero-order valence-corrected chi connectivity index (χ0v) is 18.4. The lowest BCUT2D eigenvalue weighted by atomic mass is 10.1. The molecule has 0 spiro atoms. The number of rotatable bonds is 9. The predicted octanol–water partition coefficient (Wildman–Crippen LogP) is 4.78. The molecule has 8 nitrogen and oxygen atoms in total. The number of sulfonamides is 1. The Morgan fingerprint density at radius 1 is 1.00 bits per heavy atom. The molecule has 0 atom stereocenters. The normalized spacial score (nSPS) is 11.8. The van der Waals surface area contributed by atoms with Crippen molar-refractivity contribution >= 4 is 27.6 Å². The fraction of sp³-hybridized carbons (Fsp3) is 0.174. The zero-order chi connectivity index (χ0) is 23.3. The van der Waals surface area contributed by atoms with Crippen molar-refractivity contribution in [3.8, 4) is 11.3 Å². The molecule has 0 saturated heterocycles. The quantitative estimate of drug-likeness (QED) is 0.199. The van der Waals surface area contributed by atoms with Crippen LogP contribution in [0, 0.1) is 10.1 Å². The van der Waals surface area contributed by atoms with Gasteiger partial charge in [-0.3, -0.25) is 14.9 Å². The van der Waals surface area contributed by atoms with Crippen LogP contribution in [0.1, 0.15) is 30.0 Å². The summed E-state index contributed by atoms with van der Waals surface area (Å²) in [6, 6.07) is 15.1. The molecule has 0 amide bonds. The lowest BCUT2D eigenvalue weighted by Gasteiger charge is -2.18. The van der Waals surface area contributed by atoms with Crippen LogP contribution in [0.5, 0.6) is 0 Å². The maximum atomic E-state index is 12.5. The van der Waals surface area contributed by atoms with E-state index in [0.29, 0.717) is 35.7 Å². The summed E-state index contributed by atoms with van der Waals surface area (Å²) in [5, 5.41) is 10.8. The van der Waals surface area contributed by atoms with E-state index in [1.165, 1.54) is 52.9 Å². The van der Waals surface area contributed by atoms with Gasteiger partial charge in [-0.1, -0.05) is 13.8 Å². The molecule has 3 rings (SSSR count). The number of ketones is 1. The van der Waals surface area contributed by atoms with Gasteiger partial charge in [0, 0.05) is 36.3 Å². The van der Waals surface area contributed by atoms with Crippen molar-refractivity contribution in [2.45, 2.75) is 18.7 Å². The first-order valence-corrected chi connectivity index (χ1v) is 11.4. The van der Waals surface area contributed by atoms with E-state index in [4.69, 9.17) is 4.42 Å². The number of nitrogens with zero attached hydrogens (tertiary/aromatic N) is 2. The molecule has 3 aromatic rings. The Balaban J connectivity index is 1.71. The Hall–Kier alpha value is -3.56. The molecule has 0 radical (unpaired) electrons. The molecule has 2 aromatic carbocycles. The highest BCUT2D eigenvalue weighted by molar-refractivity contribution is 7.89. The molecule has 0 bridgehead atoms. The molecule has 0 saturated carbocycles. The lowest BCUT2D eigenvalue weighted by Crippen LogP contribution is -2.30. The van der Waals surface area contributed by atoms with Gasteiger partial charge in [0.15, 0.2) is 5.78 Å². The SMILES string of the molecule is CCN(CC)S(=O)(=O)c1ccc(C(=O)/C=C/c2ccc(-c3ccc([N+](=O)[O-])cc3)o2)cc1. The standard InChI is InChI=1S/C23H22N2O6S/c1-3-24(4-2)32(29,30)21-13-7-17(8-14-21)22(26)15-11-20-12-16-23(31-20)18-5-9-19(10-6-18)25(27)28/h5-16H,3-4H2,1-2H3/b15-11+. The molecular weight excluding hydrogens is 432 g/mol. The highest BCUT2D eigenvalue weighted by atomic mass is 32.2. The van der Waals surface area contributed by atoms with Crippen molar-refractivity contribution in [2.75, 3.05) is 13.1 Å². The summed E-state index contributed by atoms with van der Waals surface area (Å²) in [4.78, 5) is 22.9. The summed E-state index contributed by atoms with van der Waals surface area (Å²) in [7, 11) is -3.58. The highest BCUT2D eigenvalue weighted by Gasteiger charge is 2.21. The third-order valence-corrected chi connectivity index (χ3v) is 6.93. The second-order valence-electron chi connectivity index (χ2n) is 6.82. The minimum absolute atomic E-state index is 0.0121. The first-order chi connectivity index (χ1) is 15.3. The van der Waals surface area contributed by atoms with E-state index in [9.17, 15) is 23.3 Å². The van der Waals surface area contributed by atoms with E-state index in [1.807, 2.05) is 0 Å². The number of nitro groups is 1. The Labute approximate surface area is 186 Å². The summed E-state index contributed by atoms with van der Waals surface area (Å²) in [5.41, 5.74) is 1.01. The van der Waals surface area contributed by atoms with Gasteiger partial charge in [-0.2, -0.15) is 4.31 Å². The van der Waals surface area contributed by atoms with Gasteiger partial charge in [-0.05, 0) is 60.7 Å². The molecule has 0 aliphatic rings. The molecule has 1 aromatic heterocycles. The van der Waals surface area contributed by atoms with Gasteiger partial charge < -0.3 is 4.42 Å². The van der Waals surface area contributed by atoms with Crippen LogP contribution in [0.15, 0.2) is 76.1 Å². The number of carbonyl (C=O) groups is 1. The van der Waals surface area contributed by atoms with Crippen molar-refractivity contribution in [1.29, 1.82) is 0 Å². The van der Waals surface area contributed by atoms with Crippen molar-refractivity contribution in [1.82, 2.24) is 4.31 Å². The fourth-order valence-electron chi connectivity index (χ4n) is 3.10. The highest BCUT2D eigenvalue weighted by Crippen LogP contribution is 2.25. The molecule has 32 heavy (non-hydrogen) atoms. The molecule has 9 heteroatoms. The van der Waals surface area contributed by atoms with E-state index in [2.05, 4.69) is 0 Å². The third-order valence-electron chi connectivity index (χ3n) is 4.87. The van der Waals surface area contributed by atoms with E-state index in [0.717, 1.165) is 0 Å². The van der Waals surface area contributed by atoms with Crippen molar-refractivity contribution in [3.05, 3.63) is 88.2 Å². The lowest BCUT2D eigenvalue weighted by molar-refractivity contribution is -0.384. The van der Waals surface area contributed by atoms with Gasteiger partial charge in [-0.25, -0.2) is 8.42 Å². The molecule has 0 unspecified atom stereocenters. The van der Waals surface area contributed by atoms with Gasteiger partial charge in [0.05, 0.1) is 9.82 Å². The van der Waals surface area contributed by atoms with Gasteiger partial charge in [0.25, 0.3) is 5.69 Å². The van der Waals surface area contributed by atoms with Crippen LogP contribution in [-0.4, -0.2) is 36.5 Å². The second kappa shape index (κ2) is 9.71. The van der Waals surface area contributed by atoms with Gasteiger partial charge >= 0.3 is 0 Å². The molecule has 0 fully saturated rings. The zero-order valence-electron chi connectivity index (χ0n) is 17.6. The number of hydrogen-bond acceptors (Lipinski definition) is 6. The summed E-state index contributed by atoms with van der Waals surface area (Å²) in [5.74, 6) is 0.649. The monoisotopic (exact) mass is 454 g/mol. The number of allylic oxidation sites excluding steroid dienone is 1. The first-order valence-electron chi connectivity index (χ1n) is 9.93. The van der Waals surface area contributed by atoms with E-state index in [-0.39, 0.29) is 16.4 Å². The Bertz CT molecular complexity index is 1240. The Kier molecular flexibility index (Phi) is 7.01. The van der Waals surface area contributed by atoms with Crippen molar-refractivity contribution in [2.24, 2.45) is 0 Å². The second-order valence-corrected chi connectivity index (χ2v) is 8.76. The fourth-order valence-corrected chi connectivity index (χ4v) is 4.56. The number of non-ortho nitro benzene ring substituents is 1.